The van der Waals surface area contributed by atoms with Gasteiger partial charge in [0, 0.05) is 18.1 Å². The molecule has 4 heteroatoms. The second-order valence-electron chi connectivity index (χ2n) is 5.29. The third-order valence-electron chi connectivity index (χ3n) is 3.69. The first-order valence-corrected chi connectivity index (χ1v) is 7.44. The first kappa shape index (κ1) is 14.8. The summed E-state index contributed by atoms with van der Waals surface area (Å²) in [6.07, 6.45) is 2.49. The quantitative estimate of drug-likeness (QED) is 0.892. The molecule has 1 unspecified atom stereocenters. The lowest BCUT2D eigenvalue weighted by atomic mass is 9.97. The molecule has 0 bridgehead atoms. The van der Waals surface area contributed by atoms with E-state index in [1.807, 2.05) is 0 Å². The maximum absolute atomic E-state index is 13.3. The molecular formula is C15H22ClFN2. The normalized spacial score (nSPS) is 20.7. The molecule has 0 aliphatic carbocycles. The Balaban J connectivity index is 1.93. The van der Waals surface area contributed by atoms with E-state index < -0.39 is 0 Å². The third-order valence-corrected chi connectivity index (χ3v) is 4.06. The van der Waals surface area contributed by atoms with Crippen LogP contribution in [0.2, 0.25) is 5.02 Å². The molecule has 2 nitrogen and oxygen atoms in total. The smallest absolute Gasteiger partial charge is 0.123 e. The number of nitrogens with one attached hydrogen (secondary N) is 1. The van der Waals surface area contributed by atoms with Gasteiger partial charge < -0.3 is 5.32 Å². The Bertz CT molecular complexity index is 411. The van der Waals surface area contributed by atoms with Crippen LogP contribution >= 0.6 is 11.6 Å². The van der Waals surface area contributed by atoms with Gasteiger partial charge in [-0.05, 0) is 62.2 Å². The molecule has 1 aliphatic heterocycles. The van der Waals surface area contributed by atoms with Crippen LogP contribution in [0.5, 0.6) is 0 Å². The van der Waals surface area contributed by atoms with Gasteiger partial charge in [0.25, 0.3) is 0 Å². The molecule has 0 radical (unpaired) electrons. The van der Waals surface area contributed by atoms with Crippen LogP contribution in [0.25, 0.3) is 0 Å². The predicted octanol–water partition coefficient (Wildman–Crippen LogP) is 3.30. The van der Waals surface area contributed by atoms with Gasteiger partial charge in [-0.3, -0.25) is 4.90 Å². The van der Waals surface area contributed by atoms with Crippen LogP contribution in [0.4, 0.5) is 4.39 Å². The van der Waals surface area contributed by atoms with Crippen LogP contribution in [0.3, 0.4) is 0 Å². The lowest BCUT2D eigenvalue weighted by molar-refractivity contribution is 0.165. The molecule has 106 valence electrons. The summed E-state index contributed by atoms with van der Waals surface area (Å²) in [4.78, 5) is 2.38. The third kappa shape index (κ3) is 4.44. The molecule has 1 saturated heterocycles. The highest BCUT2D eigenvalue weighted by Gasteiger charge is 2.20. The zero-order valence-corrected chi connectivity index (χ0v) is 12.2. The Morgan fingerprint density at radius 1 is 1.47 bits per heavy atom. The van der Waals surface area contributed by atoms with E-state index in [0.717, 1.165) is 38.3 Å². The fraction of sp³-hybridized carbons (Fsp3) is 0.600. The minimum absolute atomic E-state index is 0.208. The van der Waals surface area contributed by atoms with Crippen molar-refractivity contribution in [3.05, 3.63) is 34.6 Å². The molecule has 0 saturated carbocycles. The maximum Gasteiger partial charge on any atom is 0.123 e. The molecule has 19 heavy (non-hydrogen) atoms. The number of likely N-dealkylation sites (tertiary alicyclic amines) is 1. The number of nitrogens with zero attached hydrogens (tertiary/aromatic N) is 1. The van der Waals surface area contributed by atoms with Crippen LogP contribution in [-0.4, -0.2) is 31.1 Å². The van der Waals surface area contributed by atoms with Gasteiger partial charge in [-0.2, -0.15) is 0 Å². The molecule has 1 atom stereocenters. The van der Waals surface area contributed by atoms with Gasteiger partial charge >= 0.3 is 0 Å². The van der Waals surface area contributed by atoms with Crippen LogP contribution in [0, 0.1) is 11.7 Å². The van der Waals surface area contributed by atoms with Crippen molar-refractivity contribution in [2.45, 2.75) is 26.3 Å². The summed E-state index contributed by atoms with van der Waals surface area (Å²) in [6, 6.07) is 4.61. The molecule has 1 aromatic carbocycles. The van der Waals surface area contributed by atoms with E-state index >= 15 is 0 Å². The van der Waals surface area contributed by atoms with Gasteiger partial charge in [-0.1, -0.05) is 18.5 Å². The summed E-state index contributed by atoms with van der Waals surface area (Å²) in [6.45, 7) is 7.12. The van der Waals surface area contributed by atoms with Gasteiger partial charge in [0.2, 0.25) is 0 Å². The minimum Gasteiger partial charge on any atom is -0.317 e. The molecule has 1 aromatic rings. The minimum atomic E-state index is -0.208. The molecule has 1 fully saturated rings. The highest BCUT2D eigenvalue weighted by Crippen LogP contribution is 2.22. The maximum atomic E-state index is 13.3. The summed E-state index contributed by atoms with van der Waals surface area (Å²) in [5, 5.41) is 4.07. The topological polar surface area (TPSA) is 15.3 Å². The van der Waals surface area contributed by atoms with Crippen molar-refractivity contribution in [3.8, 4) is 0 Å². The van der Waals surface area contributed by atoms with Crippen molar-refractivity contribution in [3.63, 3.8) is 0 Å². The number of benzene rings is 1. The van der Waals surface area contributed by atoms with Gasteiger partial charge in [0.1, 0.15) is 5.82 Å². The molecule has 1 N–H and O–H groups in total. The van der Waals surface area contributed by atoms with E-state index in [-0.39, 0.29) is 5.82 Å². The fourth-order valence-electron chi connectivity index (χ4n) is 2.72. The zero-order valence-electron chi connectivity index (χ0n) is 11.5. The Morgan fingerprint density at radius 3 is 3.11 bits per heavy atom. The van der Waals surface area contributed by atoms with Crippen LogP contribution in [0.15, 0.2) is 18.2 Å². The van der Waals surface area contributed by atoms with E-state index in [4.69, 9.17) is 11.6 Å². The monoisotopic (exact) mass is 284 g/mol. The Morgan fingerprint density at radius 2 is 2.32 bits per heavy atom. The Hall–Kier alpha value is -0.640. The molecule has 1 aliphatic rings. The van der Waals surface area contributed by atoms with E-state index in [1.165, 1.54) is 18.9 Å². The summed E-state index contributed by atoms with van der Waals surface area (Å²) in [5.41, 5.74) is 0.894. The van der Waals surface area contributed by atoms with Crippen molar-refractivity contribution < 1.29 is 4.39 Å². The summed E-state index contributed by atoms with van der Waals surface area (Å²) < 4.78 is 13.3. The van der Waals surface area contributed by atoms with Crippen LogP contribution in [-0.2, 0) is 6.54 Å². The molecule has 0 spiro atoms. The standard InChI is InChI=1S/C15H22ClFN2/c1-2-18-9-12-4-3-7-19(10-12)11-13-8-14(17)5-6-15(13)16/h5-6,8,12,18H,2-4,7,9-11H2,1H3. The van der Waals surface area contributed by atoms with Gasteiger partial charge in [-0.15, -0.1) is 0 Å². The highest BCUT2D eigenvalue weighted by molar-refractivity contribution is 6.31. The second-order valence-corrected chi connectivity index (χ2v) is 5.69. The Labute approximate surface area is 119 Å². The molecule has 0 amide bonds. The summed E-state index contributed by atoms with van der Waals surface area (Å²) in [5.74, 6) is 0.488. The average molecular weight is 285 g/mol. The highest BCUT2D eigenvalue weighted by atomic mass is 35.5. The molecule has 1 heterocycles. The number of piperidine rings is 1. The van der Waals surface area contributed by atoms with Crippen molar-refractivity contribution in [2.75, 3.05) is 26.2 Å². The predicted molar refractivity (Wildman–Crippen MR) is 78.0 cm³/mol. The average Bonchev–Trinajstić information content (AvgIpc) is 2.41. The van der Waals surface area contributed by atoms with Crippen molar-refractivity contribution >= 4 is 11.6 Å². The number of hydrogen-bond acceptors (Lipinski definition) is 2. The lowest BCUT2D eigenvalue weighted by Crippen LogP contribution is -2.39. The lowest BCUT2D eigenvalue weighted by Gasteiger charge is -2.33. The number of rotatable bonds is 5. The SMILES string of the molecule is CCNCC1CCCN(Cc2cc(F)ccc2Cl)C1. The number of hydrogen-bond donors (Lipinski definition) is 1. The second kappa shape index (κ2) is 7.22. The zero-order chi connectivity index (χ0) is 13.7. The van der Waals surface area contributed by atoms with Crippen molar-refractivity contribution in [1.29, 1.82) is 0 Å². The van der Waals surface area contributed by atoms with Crippen LogP contribution in [0.1, 0.15) is 25.3 Å². The molecular weight excluding hydrogens is 263 g/mol. The summed E-state index contributed by atoms with van der Waals surface area (Å²) in [7, 11) is 0. The Kier molecular flexibility index (Phi) is 5.61. The van der Waals surface area contributed by atoms with Crippen molar-refractivity contribution in [2.24, 2.45) is 5.92 Å². The molecule has 2 rings (SSSR count). The number of halogens is 2. The summed E-state index contributed by atoms with van der Waals surface area (Å²) >= 11 is 6.13. The first-order valence-electron chi connectivity index (χ1n) is 7.06. The van der Waals surface area contributed by atoms with Gasteiger partial charge in [0.15, 0.2) is 0 Å². The fourth-order valence-corrected chi connectivity index (χ4v) is 2.89. The first-order chi connectivity index (χ1) is 9.19. The van der Waals surface area contributed by atoms with Gasteiger partial charge in [0.05, 0.1) is 0 Å². The van der Waals surface area contributed by atoms with E-state index in [1.54, 1.807) is 12.1 Å². The largest absolute Gasteiger partial charge is 0.317 e. The van der Waals surface area contributed by atoms with E-state index in [9.17, 15) is 4.39 Å². The van der Waals surface area contributed by atoms with Gasteiger partial charge in [-0.25, -0.2) is 4.39 Å². The van der Waals surface area contributed by atoms with E-state index in [2.05, 4.69) is 17.1 Å². The van der Waals surface area contributed by atoms with E-state index in [0.29, 0.717) is 10.9 Å². The van der Waals surface area contributed by atoms with Crippen molar-refractivity contribution in [1.82, 2.24) is 10.2 Å². The van der Waals surface area contributed by atoms with Crippen LogP contribution < -0.4 is 5.32 Å². The molecule has 0 aromatic heterocycles.